The zero-order chi connectivity index (χ0) is 12.0. The van der Waals surface area contributed by atoms with Crippen LogP contribution in [0, 0.1) is 30.6 Å². The minimum Gasteiger partial charge on any atom is -0.357 e. The van der Waals surface area contributed by atoms with Crippen molar-refractivity contribution >= 4 is 0 Å². The van der Waals surface area contributed by atoms with E-state index in [0.717, 1.165) is 5.56 Å². The Morgan fingerprint density at radius 3 is 2.50 bits per heavy atom. The van der Waals surface area contributed by atoms with Gasteiger partial charge in [0.05, 0.1) is 19.1 Å². The quantitative estimate of drug-likeness (QED) is 0.569. The molecule has 0 aliphatic heterocycles. The summed E-state index contributed by atoms with van der Waals surface area (Å²) in [5.41, 5.74) is 1.38. The molecule has 0 saturated heterocycles. The number of terminal acetylenes is 1. The first-order valence-corrected chi connectivity index (χ1v) is 5.18. The maximum Gasteiger partial charge on any atom is 0.151 e. The second kappa shape index (κ2) is 5.35. The summed E-state index contributed by atoms with van der Waals surface area (Å²) in [6.07, 6.45) is 5.85. The molecule has 0 spiro atoms. The van der Waals surface area contributed by atoms with Crippen LogP contribution in [0.3, 0.4) is 0 Å². The zero-order valence-corrected chi connectivity index (χ0v) is 9.66. The van der Waals surface area contributed by atoms with Gasteiger partial charge < -0.3 is 4.74 Å². The van der Waals surface area contributed by atoms with E-state index >= 15 is 0 Å². The average molecular weight is 213 g/mol. The molecule has 1 aromatic rings. The fourth-order valence-corrected chi connectivity index (χ4v) is 1.38. The van der Waals surface area contributed by atoms with Crippen LogP contribution in [0.2, 0.25) is 0 Å². The zero-order valence-electron chi connectivity index (χ0n) is 9.66. The SMILES string of the molecule is C#CC(C)(OCCC#N)c1ccc(C)cc1. The van der Waals surface area contributed by atoms with Crippen LogP contribution in [0.25, 0.3) is 0 Å². The van der Waals surface area contributed by atoms with Crippen molar-refractivity contribution in [2.24, 2.45) is 0 Å². The molecule has 2 nitrogen and oxygen atoms in total. The van der Waals surface area contributed by atoms with E-state index in [1.54, 1.807) is 0 Å². The van der Waals surface area contributed by atoms with E-state index in [2.05, 4.69) is 5.92 Å². The number of nitrogens with zero attached hydrogens (tertiary/aromatic N) is 1. The molecule has 0 aliphatic carbocycles. The van der Waals surface area contributed by atoms with Crippen molar-refractivity contribution in [3.05, 3.63) is 35.4 Å². The van der Waals surface area contributed by atoms with Gasteiger partial charge in [-0.15, -0.1) is 6.42 Å². The van der Waals surface area contributed by atoms with Crippen molar-refractivity contribution in [1.29, 1.82) is 5.26 Å². The van der Waals surface area contributed by atoms with E-state index < -0.39 is 5.60 Å². The van der Waals surface area contributed by atoms with E-state index in [9.17, 15) is 0 Å². The molecule has 1 aromatic carbocycles. The first-order valence-electron chi connectivity index (χ1n) is 5.18. The van der Waals surface area contributed by atoms with Gasteiger partial charge in [0.2, 0.25) is 0 Å². The van der Waals surface area contributed by atoms with Crippen molar-refractivity contribution in [2.45, 2.75) is 25.9 Å². The molecule has 0 amide bonds. The van der Waals surface area contributed by atoms with Crippen LogP contribution in [0.4, 0.5) is 0 Å². The number of ether oxygens (including phenoxy) is 1. The fourth-order valence-electron chi connectivity index (χ4n) is 1.38. The smallest absolute Gasteiger partial charge is 0.151 e. The molecular weight excluding hydrogens is 198 g/mol. The van der Waals surface area contributed by atoms with Gasteiger partial charge in [-0.05, 0) is 19.4 Å². The fraction of sp³-hybridized carbons (Fsp3) is 0.357. The first-order chi connectivity index (χ1) is 7.62. The van der Waals surface area contributed by atoms with Gasteiger partial charge in [-0.2, -0.15) is 5.26 Å². The number of aryl methyl sites for hydroxylation is 1. The van der Waals surface area contributed by atoms with Crippen LogP contribution in [0.5, 0.6) is 0 Å². The number of nitriles is 1. The normalized spacial score (nSPS) is 13.5. The highest BCUT2D eigenvalue weighted by Gasteiger charge is 2.24. The minimum absolute atomic E-state index is 0.350. The molecule has 0 fully saturated rings. The van der Waals surface area contributed by atoms with E-state index in [1.807, 2.05) is 44.2 Å². The van der Waals surface area contributed by atoms with Crippen LogP contribution < -0.4 is 0 Å². The molecule has 0 aromatic heterocycles. The van der Waals surface area contributed by atoms with Gasteiger partial charge in [-0.25, -0.2) is 0 Å². The van der Waals surface area contributed by atoms with Gasteiger partial charge in [-0.3, -0.25) is 0 Å². The summed E-state index contributed by atoms with van der Waals surface area (Å²) in [4.78, 5) is 0. The molecule has 1 unspecified atom stereocenters. The Balaban J connectivity index is 2.84. The maximum absolute atomic E-state index is 8.46. The molecule has 0 heterocycles. The Hall–Kier alpha value is -1.77. The predicted molar refractivity (Wildman–Crippen MR) is 63.5 cm³/mol. The lowest BCUT2D eigenvalue weighted by Gasteiger charge is -2.24. The van der Waals surface area contributed by atoms with Gasteiger partial charge in [-0.1, -0.05) is 35.7 Å². The second-order valence-electron chi connectivity index (χ2n) is 3.80. The number of rotatable bonds is 4. The molecule has 0 radical (unpaired) electrons. The summed E-state index contributed by atoms with van der Waals surface area (Å²) in [5.74, 6) is 2.64. The summed E-state index contributed by atoms with van der Waals surface area (Å²) >= 11 is 0. The van der Waals surface area contributed by atoms with Gasteiger partial charge in [0.25, 0.3) is 0 Å². The van der Waals surface area contributed by atoms with Crippen molar-refractivity contribution in [1.82, 2.24) is 0 Å². The first kappa shape index (κ1) is 12.3. The largest absolute Gasteiger partial charge is 0.357 e. The van der Waals surface area contributed by atoms with E-state index in [-0.39, 0.29) is 0 Å². The van der Waals surface area contributed by atoms with Crippen LogP contribution in [-0.2, 0) is 10.3 Å². The van der Waals surface area contributed by atoms with E-state index in [1.165, 1.54) is 5.56 Å². The van der Waals surface area contributed by atoms with Crippen LogP contribution in [0.1, 0.15) is 24.5 Å². The highest BCUT2D eigenvalue weighted by molar-refractivity contribution is 5.32. The average Bonchev–Trinajstić information content (AvgIpc) is 2.30. The summed E-state index contributed by atoms with van der Waals surface area (Å²) < 4.78 is 5.59. The van der Waals surface area contributed by atoms with Crippen LogP contribution in [-0.4, -0.2) is 6.61 Å². The second-order valence-corrected chi connectivity index (χ2v) is 3.80. The minimum atomic E-state index is -0.745. The lowest BCUT2D eigenvalue weighted by Crippen LogP contribution is -2.24. The van der Waals surface area contributed by atoms with Crippen LogP contribution >= 0.6 is 0 Å². The number of hydrogen-bond acceptors (Lipinski definition) is 2. The molecule has 1 atom stereocenters. The Labute approximate surface area is 96.9 Å². The van der Waals surface area contributed by atoms with Gasteiger partial charge in [0.1, 0.15) is 0 Å². The monoisotopic (exact) mass is 213 g/mol. The summed E-state index contributed by atoms with van der Waals surface area (Å²) in [6.45, 7) is 4.22. The number of benzene rings is 1. The van der Waals surface area contributed by atoms with Crippen LogP contribution in [0.15, 0.2) is 24.3 Å². The summed E-state index contributed by atoms with van der Waals surface area (Å²) in [7, 11) is 0. The Morgan fingerprint density at radius 1 is 1.38 bits per heavy atom. The lowest BCUT2D eigenvalue weighted by molar-refractivity contribution is 0.0133. The standard InChI is InChI=1S/C14H15NO/c1-4-14(3,16-11-5-10-15)13-8-6-12(2)7-9-13/h1,6-9H,5,11H2,2-3H3. The molecule has 0 bridgehead atoms. The molecule has 1 rings (SSSR count). The molecule has 0 aliphatic rings. The molecule has 0 N–H and O–H groups in total. The van der Waals surface area contributed by atoms with Gasteiger partial charge >= 0.3 is 0 Å². The van der Waals surface area contributed by atoms with Crippen molar-refractivity contribution < 1.29 is 4.74 Å². The third-order valence-corrected chi connectivity index (χ3v) is 2.48. The molecule has 0 saturated carbocycles. The summed E-state index contributed by atoms with van der Waals surface area (Å²) in [5, 5.41) is 8.46. The highest BCUT2D eigenvalue weighted by Crippen LogP contribution is 2.24. The third-order valence-electron chi connectivity index (χ3n) is 2.48. The summed E-state index contributed by atoms with van der Waals surface area (Å²) in [6, 6.07) is 9.95. The molecule has 82 valence electrons. The van der Waals surface area contributed by atoms with Gasteiger partial charge in [0.15, 0.2) is 5.60 Å². The van der Waals surface area contributed by atoms with E-state index in [0.29, 0.717) is 13.0 Å². The maximum atomic E-state index is 8.46. The Morgan fingerprint density at radius 2 is 2.00 bits per heavy atom. The van der Waals surface area contributed by atoms with Crippen molar-refractivity contribution in [3.63, 3.8) is 0 Å². The number of hydrogen-bond donors (Lipinski definition) is 0. The molecular formula is C14H15NO. The Kier molecular flexibility index (Phi) is 4.11. The molecule has 2 heteroatoms. The van der Waals surface area contributed by atoms with Crippen molar-refractivity contribution in [2.75, 3.05) is 6.61 Å². The third kappa shape index (κ3) is 2.86. The highest BCUT2D eigenvalue weighted by atomic mass is 16.5. The lowest BCUT2D eigenvalue weighted by atomic mass is 9.96. The Bertz CT molecular complexity index is 422. The van der Waals surface area contributed by atoms with E-state index in [4.69, 9.17) is 16.4 Å². The predicted octanol–water partition coefficient (Wildman–Crippen LogP) is 2.77. The topological polar surface area (TPSA) is 33.0 Å². The van der Waals surface area contributed by atoms with Crippen molar-refractivity contribution in [3.8, 4) is 18.4 Å². The van der Waals surface area contributed by atoms with Gasteiger partial charge in [0, 0.05) is 0 Å². The molecule has 16 heavy (non-hydrogen) atoms.